The number of nitrogens with one attached hydrogen (secondary N) is 2. The minimum absolute atomic E-state index is 0.125. The van der Waals surface area contributed by atoms with Crippen molar-refractivity contribution in [3.05, 3.63) is 35.9 Å². The van der Waals surface area contributed by atoms with E-state index in [0.717, 1.165) is 26.2 Å². The van der Waals surface area contributed by atoms with Crippen LogP contribution in [0.15, 0.2) is 30.3 Å². The number of hydrogen-bond donors (Lipinski definition) is 2. The van der Waals surface area contributed by atoms with Crippen LogP contribution in [0.4, 0.5) is 0 Å². The predicted octanol–water partition coefficient (Wildman–Crippen LogP) is 4.64. The van der Waals surface area contributed by atoms with Gasteiger partial charge in [-0.2, -0.15) is 0 Å². The molecule has 0 aromatic heterocycles. The molecule has 0 unspecified atom stereocenters. The Kier molecular flexibility index (Phi) is 10.2. The summed E-state index contributed by atoms with van der Waals surface area (Å²) in [5, 5.41) is 0. The summed E-state index contributed by atoms with van der Waals surface area (Å²) in [6.07, 6.45) is 6.09. The van der Waals surface area contributed by atoms with Crippen molar-refractivity contribution in [3.63, 3.8) is 0 Å². The van der Waals surface area contributed by atoms with E-state index in [4.69, 9.17) is 4.74 Å². The lowest BCUT2D eigenvalue weighted by molar-refractivity contribution is 0.106. The molecule has 0 heterocycles. The minimum Gasteiger partial charge on any atom is -0.381 e. The molecule has 3 heteroatoms. The number of ether oxygens (including phenoxy) is 1. The Hall–Kier alpha value is -0.900. The second-order valence-electron chi connectivity index (χ2n) is 6.53. The van der Waals surface area contributed by atoms with Crippen LogP contribution >= 0.6 is 0 Å². The predicted molar refractivity (Wildman–Crippen MR) is 99.3 cm³/mol. The van der Waals surface area contributed by atoms with E-state index in [1.807, 2.05) is 13.8 Å². The quantitative estimate of drug-likeness (QED) is 0.514. The summed E-state index contributed by atoms with van der Waals surface area (Å²) >= 11 is 0. The van der Waals surface area contributed by atoms with Gasteiger partial charge in [0.05, 0.1) is 5.54 Å². The maximum Gasteiger partial charge on any atom is 0.0572 e. The van der Waals surface area contributed by atoms with Crippen molar-refractivity contribution in [2.75, 3.05) is 19.8 Å². The smallest absolute Gasteiger partial charge is 0.0572 e. The van der Waals surface area contributed by atoms with Gasteiger partial charge in [-0.05, 0) is 30.7 Å². The second kappa shape index (κ2) is 11.6. The molecule has 0 bridgehead atoms. The van der Waals surface area contributed by atoms with Crippen LogP contribution in [0.5, 0.6) is 0 Å². The summed E-state index contributed by atoms with van der Waals surface area (Å²) in [6.45, 7) is 11.0. The highest BCUT2D eigenvalue weighted by Gasteiger charge is 2.34. The molecular formula is C20H36N2O. The number of hydrogen-bond acceptors (Lipinski definition) is 3. The fourth-order valence-electron chi connectivity index (χ4n) is 3.03. The zero-order valence-corrected chi connectivity index (χ0v) is 15.5. The van der Waals surface area contributed by atoms with Gasteiger partial charge in [0.25, 0.3) is 0 Å². The van der Waals surface area contributed by atoms with Crippen LogP contribution < -0.4 is 10.9 Å². The molecule has 0 atom stereocenters. The zero-order valence-electron chi connectivity index (χ0n) is 15.5. The first-order chi connectivity index (χ1) is 11.2. The first-order valence-electron chi connectivity index (χ1n) is 9.36. The Balaban J connectivity index is 0.00000127. The number of benzene rings is 1. The summed E-state index contributed by atoms with van der Waals surface area (Å²) in [4.78, 5) is 0. The fourth-order valence-corrected chi connectivity index (χ4v) is 3.03. The van der Waals surface area contributed by atoms with Gasteiger partial charge in [0, 0.05) is 19.8 Å². The molecule has 0 aliphatic heterocycles. The standard InChI is InChI=1S/C18H30N2O.C2H6/c1-16(2)15-21-14-8-13-19-20-18(11-6-7-12-18)17-9-4-3-5-10-17;1-2/h3-5,9-10,16,19-20H,6-8,11-15H2,1-2H3;1-2H3. The maximum absolute atomic E-state index is 5.61. The summed E-state index contributed by atoms with van der Waals surface area (Å²) in [5.74, 6) is 0.621. The molecule has 1 saturated carbocycles. The molecule has 0 spiro atoms. The van der Waals surface area contributed by atoms with Crippen molar-refractivity contribution >= 4 is 0 Å². The van der Waals surface area contributed by atoms with Crippen molar-refractivity contribution in [2.24, 2.45) is 5.92 Å². The molecule has 1 aromatic carbocycles. The third kappa shape index (κ3) is 7.03. The fraction of sp³-hybridized carbons (Fsp3) is 0.700. The van der Waals surface area contributed by atoms with Crippen LogP contribution in [0.25, 0.3) is 0 Å². The average molecular weight is 321 g/mol. The van der Waals surface area contributed by atoms with Gasteiger partial charge in [-0.25, -0.2) is 5.43 Å². The van der Waals surface area contributed by atoms with Crippen LogP contribution in [-0.4, -0.2) is 19.8 Å². The first-order valence-corrected chi connectivity index (χ1v) is 9.36. The van der Waals surface area contributed by atoms with Crippen LogP contribution in [0, 0.1) is 5.92 Å². The van der Waals surface area contributed by atoms with E-state index in [-0.39, 0.29) is 5.54 Å². The average Bonchev–Trinajstić information content (AvgIpc) is 3.06. The van der Waals surface area contributed by atoms with E-state index in [2.05, 4.69) is 55.0 Å². The monoisotopic (exact) mass is 320 g/mol. The van der Waals surface area contributed by atoms with E-state index >= 15 is 0 Å². The molecule has 2 rings (SSSR count). The summed E-state index contributed by atoms with van der Waals surface area (Å²) in [7, 11) is 0. The lowest BCUT2D eigenvalue weighted by Crippen LogP contribution is -2.48. The third-order valence-electron chi connectivity index (χ3n) is 4.15. The van der Waals surface area contributed by atoms with Gasteiger partial charge in [0.2, 0.25) is 0 Å². The van der Waals surface area contributed by atoms with Gasteiger partial charge in [0.1, 0.15) is 0 Å². The highest BCUT2D eigenvalue weighted by atomic mass is 16.5. The molecule has 23 heavy (non-hydrogen) atoms. The van der Waals surface area contributed by atoms with E-state index in [0.29, 0.717) is 5.92 Å². The van der Waals surface area contributed by atoms with Gasteiger partial charge >= 0.3 is 0 Å². The van der Waals surface area contributed by atoms with Gasteiger partial charge in [0.15, 0.2) is 0 Å². The third-order valence-corrected chi connectivity index (χ3v) is 4.15. The van der Waals surface area contributed by atoms with Crippen LogP contribution in [0.2, 0.25) is 0 Å². The molecule has 0 radical (unpaired) electrons. The Morgan fingerprint density at radius 3 is 2.35 bits per heavy atom. The van der Waals surface area contributed by atoms with Crippen molar-refractivity contribution < 1.29 is 4.74 Å². The normalized spacial score (nSPS) is 16.2. The Bertz CT molecular complexity index is 386. The van der Waals surface area contributed by atoms with Gasteiger partial charge in [-0.3, -0.25) is 5.43 Å². The van der Waals surface area contributed by atoms with Crippen LogP contribution in [0.3, 0.4) is 0 Å². The first kappa shape index (κ1) is 20.1. The maximum atomic E-state index is 5.61. The van der Waals surface area contributed by atoms with E-state index < -0.39 is 0 Å². The van der Waals surface area contributed by atoms with Crippen molar-refractivity contribution in [2.45, 2.75) is 65.3 Å². The minimum atomic E-state index is 0.125. The van der Waals surface area contributed by atoms with Gasteiger partial charge in [-0.1, -0.05) is 70.9 Å². The second-order valence-corrected chi connectivity index (χ2v) is 6.53. The molecule has 0 amide bonds. The molecule has 1 fully saturated rings. The lowest BCUT2D eigenvalue weighted by Gasteiger charge is -2.31. The summed E-state index contributed by atoms with van der Waals surface area (Å²) < 4.78 is 5.61. The lowest BCUT2D eigenvalue weighted by atomic mass is 9.89. The largest absolute Gasteiger partial charge is 0.381 e. The van der Waals surface area contributed by atoms with Gasteiger partial charge < -0.3 is 4.74 Å². The zero-order chi connectivity index (χ0) is 17.0. The molecule has 1 aliphatic carbocycles. The molecule has 1 aromatic rings. The van der Waals surface area contributed by atoms with Crippen LogP contribution in [0.1, 0.15) is 65.4 Å². The van der Waals surface area contributed by atoms with Crippen LogP contribution in [-0.2, 0) is 10.3 Å². The summed E-state index contributed by atoms with van der Waals surface area (Å²) in [5.41, 5.74) is 8.56. The Labute approximate surface area is 143 Å². The van der Waals surface area contributed by atoms with Crippen molar-refractivity contribution in [3.8, 4) is 0 Å². The van der Waals surface area contributed by atoms with E-state index in [9.17, 15) is 0 Å². The number of hydrazine groups is 1. The van der Waals surface area contributed by atoms with E-state index in [1.165, 1.54) is 31.2 Å². The Morgan fingerprint density at radius 1 is 1.09 bits per heavy atom. The van der Waals surface area contributed by atoms with Gasteiger partial charge in [-0.15, -0.1) is 0 Å². The highest BCUT2D eigenvalue weighted by molar-refractivity contribution is 5.25. The molecule has 3 nitrogen and oxygen atoms in total. The highest BCUT2D eigenvalue weighted by Crippen LogP contribution is 2.37. The molecule has 1 aliphatic rings. The van der Waals surface area contributed by atoms with E-state index in [1.54, 1.807) is 0 Å². The Morgan fingerprint density at radius 2 is 1.74 bits per heavy atom. The molecule has 0 saturated heterocycles. The number of rotatable bonds is 9. The van der Waals surface area contributed by atoms with Crippen molar-refractivity contribution in [1.29, 1.82) is 0 Å². The van der Waals surface area contributed by atoms with Crippen molar-refractivity contribution in [1.82, 2.24) is 10.9 Å². The SMILES string of the molecule is CC.CC(C)COCCCNNC1(c2ccccc2)CCCC1. The molecule has 132 valence electrons. The molecule has 2 N–H and O–H groups in total. The summed E-state index contributed by atoms with van der Waals surface area (Å²) in [6, 6.07) is 10.8. The molecular weight excluding hydrogens is 284 g/mol. The topological polar surface area (TPSA) is 33.3 Å².